The summed E-state index contributed by atoms with van der Waals surface area (Å²) in [6.45, 7) is 6.26. The first-order valence-electron chi connectivity index (χ1n) is 3.36. The topological polar surface area (TPSA) is 12.2 Å². The Labute approximate surface area is 56.1 Å². The van der Waals surface area contributed by atoms with Crippen LogP contribution >= 0.6 is 0 Å². The molecule has 1 aliphatic heterocycles. The van der Waals surface area contributed by atoms with Crippen LogP contribution in [0.1, 0.15) is 20.8 Å². The van der Waals surface area contributed by atoms with E-state index in [1.165, 1.54) is 0 Å². The molecule has 0 saturated carbocycles. The average Bonchev–Trinajstić information content (AvgIpc) is 1.98. The van der Waals surface area contributed by atoms with Crippen LogP contribution in [-0.2, 0) is 4.74 Å². The van der Waals surface area contributed by atoms with E-state index in [4.69, 9.17) is 4.74 Å². The zero-order chi connectivity index (χ0) is 7.02. The van der Waals surface area contributed by atoms with Gasteiger partial charge in [0.2, 0.25) is 0 Å². The van der Waals surface area contributed by atoms with Crippen LogP contribution in [0.15, 0.2) is 0 Å². The van der Waals surface area contributed by atoms with Crippen LogP contribution in [0, 0.1) is 0 Å². The first-order valence-corrected chi connectivity index (χ1v) is 3.36. The van der Waals surface area contributed by atoms with E-state index in [0.717, 1.165) is 5.90 Å². The lowest BCUT2D eigenvalue weighted by molar-refractivity contribution is -0.527. The predicted octanol–water partition coefficient (Wildman–Crippen LogP) is 0.854. The molecule has 0 saturated heterocycles. The highest BCUT2D eigenvalue weighted by Crippen LogP contribution is 2.09. The molecule has 0 N–H and O–H groups in total. The quantitative estimate of drug-likeness (QED) is 0.441. The highest BCUT2D eigenvalue weighted by atomic mass is 16.5. The fraction of sp³-hybridized carbons (Fsp3) is 0.857. The van der Waals surface area contributed by atoms with E-state index in [1.807, 2.05) is 6.92 Å². The highest BCUT2D eigenvalue weighted by molar-refractivity contribution is 5.68. The number of rotatable bonds is 0. The van der Waals surface area contributed by atoms with Gasteiger partial charge in [-0.2, -0.15) is 4.58 Å². The molecular formula is C7H14NO+. The van der Waals surface area contributed by atoms with Crippen molar-refractivity contribution in [1.82, 2.24) is 0 Å². The predicted molar refractivity (Wildman–Crippen MR) is 36.9 cm³/mol. The zero-order valence-electron chi connectivity index (χ0n) is 6.51. The number of ether oxygens (including phenoxy) is 1. The molecule has 2 nitrogen and oxygen atoms in total. The molecule has 0 amide bonds. The van der Waals surface area contributed by atoms with Crippen molar-refractivity contribution in [2.75, 3.05) is 7.05 Å². The second-order valence-electron chi connectivity index (χ2n) is 2.69. The van der Waals surface area contributed by atoms with Gasteiger partial charge in [0.1, 0.15) is 7.05 Å². The maximum atomic E-state index is 5.43. The minimum atomic E-state index is 0.356. The molecule has 1 aliphatic rings. The first-order chi connectivity index (χ1) is 4.13. The molecule has 1 rings (SSSR count). The van der Waals surface area contributed by atoms with E-state index < -0.39 is 0 Å². The summed E-state index contributed by atoms with van der Waals surface area (Å²) in [6, 6.07) is 0.532. The van der Waals surface area contributed by atoms with Crippen molar-refractivity contribution in [2.24, 2.45) is 0 Å². The van der Waals surface area contributed by atoms with E-state index in [9.17, 15) is 0 Å². The van der Waals surface area contributed by atoms with Gasteiger partial charge in [-0.1, -0.05) is 0 Å². The second-order valence-corrected chi connectivity index (χ2v) is 2.69. The molecule has 1 heterocycles. The van der Waals surface area contributed by atoms with E-state index in [1.54, 1.807) is 0 Å². The Hall–Kier alpha value is -0.530. The molecule has 0 aliphatic carbocycles. The van der Waals surface area contributed by atoms with Crippen molar-refractivity contribution in [3.63, 3.8) is 0 Å². The maximum Gasteiger partial charge on any atom is 0.333 e. The van der Waals surface area contributed by atoms with E-state index in [0.29, 0.717) is 12.1 Å². The molecule has 0 bridgehead atoms. The molecule has 0 aromatic rings. The Morgan fingerprint density at radius 1 is 1.44 bits per heavy atom. The summed E-state index contributed by atoms with van der Waals surface area (Å²) in [5.74, 6) is 1.04. The Kier molecular flexibility index (Phi) is 1.47. The van der Waals surface area contributed by atoms with Crippen molar-refractivity contribution in [2.45, 2.75) is 32.9 Å². The van der Waals surface area contributed by atoms with Gasteiger partial charge in [-0.3, -0.25) is 0 Å². The van der Waals surface area contributed by atoms with Gasteiger partial charge >= 0.3 is 5.90 Å². The van der Waals surface area contributed by atoms with Gasteiger partial charge in [0.05, 0.1) is 6.92 Å². The summed E-state index contributed by atoms with van der Waals surface area (Å²) in [4.78, 5) is 0. The van der Waals surface area contributed by atoms with Gasteiger partial charge < -0.3 is 4.74 Å². The molecule has 52 valence electrons. The lowest BCUT2D eigenvalue weighted by Gasteiger charge is -2.02. The van der Waals surface area contributed by atoms with Crippen molar-refractivity contribution in [1.29, 1.82) is 0 Å². The average molecular weight is 128 g/mol. The second kappa shape index (κ2) is 2.01. The molecular weight excluding hydrogens is 114 g/mol. The lowest BCUT2D eigenvalue weighted by Crippen LogP contribution is -2.23. The number of nitrogens with zero attached hydrogens (tertiary/aromatic N) is 1. The van der Waals surface area contributed by atoms with E-state index >= 15 is 0 Å². The minimum Gasteiger partial charge on any atom is -0.438 e. The van der Waals surface area contributed by atoms with Crippen LogP contribution in [0.25, 0.3) is 0 Å². The van der Waals surface area contributed by atoms with Crippen LogP contribution in [0.2, 0.25) is 0 Å². The Balaban J connectivity index is 2.74. The Bertz CT molecular complexity index is 151. The van der Waals surface area contributed by atoms with E-state index in [-0.39, 0.29) is 0 Å². The number of hydrogen-bond donors (Lipinski definition) is 0. The van der Waals surface area contributed by atoms with Crippen LogP contribution in [0.5, 0.6) is 0 Å². The summed E-state index contributed by atoms with van der Waals surface area (Å²) in [5, 5.41) is 0. The third-order valence-corrected chi connectivity index (χ3v) is 2.14. The third kappa shape index (κ3) is 0.934. The van der Waals surface area contributed by atoms with Crippen LogP contribution in [0.3, 0.4) is 0 Å². The number of likely N-dealkylation sites (N-methyl/N-ethyl adjacent to an activating group) is 1. The van der Waals surface area contributed by atoms with Crippen LogP contribution in [-0.4, -0.2) is 29.7 Å². The Morgan fingerprint density at radius 3 is 2.11 bits per heavy atom. The molecule has 9 heavy (non-hydrogen) atoms. The highest BCUT2D eigenvalue weighted by Gasteiger charge is 2.31. The number of hydrogen-bond acceptors (Lipinski definition) is 1. The summed E-state index contributed by atoms with van der Waals surface area (Å²) in [6.07, 6.45) is 0.356. The van der Waals surface area contributed by atoms with Gasteiger partial charge in [-0.05, 0) is 6.92 Å². The van der Waals surface area contributed by atoms with Gasteiger partial charge in [0, 0.05) is 6.92 Å². The summed E-state index contributed by atoms with van der Waals surface area (Å²) >= 11 is 0. The Morgan fingerprint density at radius 2 is 2.00 bits per heavy atom. The van der Waals surface area contributed by atoms with Gasteiger partial charge in [0.15, 0.2) is 12.1 Å². The van der Waals surface area contributed by atoms with Crippen molar-refractivity contribution < 1.29 is 9.31 Å². The van der Waals surface area contributed by atoms with Gasteiger partial charge in [0.25, 0.3) is 0 Å². The summed E-state index contributed by atoms with van der Waals surface area (Å²) in [7, 11) is 2.06. The van der Waals surface area contributed by atoms with Gasteiger partial charge in [-0.15, -0.1) is 0 Å². The molecule has 0 unspecified atom stereocenters. The molecule has 0 radical (unpaired) electrons. The largest absolute Gasteiger partial charge is 0.438 e. The molecule has 0 spiro atoms. The first kappa shape index (κ1) is 6.59. The summed E-state index contributed by atoms with van der Waals surface area (Å²) < 4.78 is 7.59. The summed E-state index contributed by atoms with van der Waals surface area (Å²) in [5.41, 5.74) is 0. The molecule has 0 aromatic carbocycles. The molecule has 0 fully saturated rings. The molecule has 2 atom stereocenters. The minimum absolute atomic E-state index is 0.356. The molecule has 2 heteroatoms. The van der Waals surface area contributed by atoms with Crippen LogP contribution < -0.4 is 0 Å². The van der Waals surface area contributed by atoms with Gasteiger partial charge in [-0.25, -0.2) is 0 Å². The van der Waals surface area contributed by atoms with Crippen molar-refractivity contribution in [3.8, 4) is 0 Å². The van der Waals surface area contributed by atoms with Crippen molar-refractivity contribution >= 4 is 5.90 Å². The maximum absolute atomic E-state index is 5.43. The lowest BCUT2D eigenvalue weighted by atomic mass is 10.2. The fourth-order valence-electron chi connectivity index (χ4n) is 1.05. The normalized spacial score (nSPS) is 35.1. The SMILES string of the molecule is CC1=[N+](C)[C@H](C)[C@H](C)O1. The fourth-order valence-corrected chi connectivity index (χ4v) is 1.05. The smallest absolute Gasteiger partial charge is 0.333 e. The van der Waals surface area contributed by atoms with Crippen LogP contribution in [0.4, 0.5) is 0 Å². The molecule has 0 aromatic heterocycles. The zero-order valence-corrected chi connectivity index (χ0v) is 6.51. The van der Waals surface area contributed by atoms with Crippen molar-refractivity contribution in [3.05, 3.63) is 0 Å². The van der Waals surface area contributed by atoms with E-state index in [2.05, 4.69) is 25.5 Å². The standard InChI is InChI=1S/C7H14NO/c1-5-6(2)9-7(3)8(5)4/h5-6H,1-4H3/q+1/t5-,6+/m1/s1. The third-order valence-electron chi connectivity index (χ3n) is 2.14. The monoisotopic (exact) mass is 128 g/mol.